The minimum atomic E-state index is 0.227. The number of carbonyl (C=O) groups is 1. The standard InChI is InChI=1S/C10H16O/c1-3-5-7-9-10(11)8-6-4-2/h3,5,7,9H,4,6,8H2,1-2H3. The molecular weight excluding hydrogens is 136 g/mol. The predicted octanol–water partition coefficient (Wildman–Crippen LogP) is 2.88. The van der Waals surface area contributed by atoms with Gasteiger partial charge >= 0.3 is 0 Å². The number of hydrogen-bond donors (Lipinski definition) is 0. The molecule has 1 nitrogen and oxygen atoms in total. The predicted molar refractivity (Wildman–Crippen MR) is 48.5 cm³/mol. The Morgan fingerprint density at radius 3 is 2.64 bits per heavy atom. The zero-order chi connectivity index (χ0) is 8.53. The Morgan fingerprint density at radius 2 is 2.09 bits per heavy atom. The summed E-state index contributed by atoms with van der Waals surface area (Å²) in [6.45, 7) is 4.02. The first-order chi connectivity index (χ1) is 5.31. The van der Waals surface area contributed by atoms with Crippen molar-refractivity contribution in [1.29, 1.82) is 0 Å². The summed E-state index contributed by atoms with van der Waals surface area (Å²) in [7, 11) is 0. The van der Waals surface area contributed by atoms with Gasteiger partial charge in [-0.1, -0.05) is 31.6 Å². The Labute approximate surface area is 68.8 Å². The van der Waals surface area contributed by atoms with Gasteiger partial charge in [-0.05, 0) is 19.4 Å². The third-order valence-electron chi connectivity index (χ3n) is 1.36. The lowest BCUT2D eigenvalue weighted by Gasteiger charge is -1.89. The van der Waals surface area contributed by atoms with Gasteiger partial charge in [0.1, 0.15) is 0 Å². The second kappa shape index (κ2) is 7.26. The van der Waals surface area contributed by atoms with E-state index in [0.29, 0.717) is 6.42 Å². The SMILES string of the molecule is CC=CC=CC(=O)CCCC. The van der Waals surface area contributed by atoms with Crippen LogP contribution in [0.5, 0.6) is 0 Å². The third kappa shape index (κ3) is 7.04. The topological polar surface area (TPSA) is 17.1 Å². The highest BCUT2D eigenvalue weighted by atomic mass is 16.1. The second-order valence-electron chi connectivity index (χ2n) is 2.45. The highest BCUT2D eigenvalue weighted by Gasteiger charge is 1.92. The smallest absolute Gasteiger partial charge is 0.155 e. The van der Waals surface area contributed by atoms with Crippen LogP contribution in [0, 0.1) is 0 Å². The van der Waals surface area contributed by atoms with Gasteiger partial charge in [-0.2, -0.15) is 0 Å². The summed E-state index contributed by atoms with van der Waals surface area (Å²) in [5.41, 5.74) is 0. The van der Waals surface area contributed by atoms with Gasteiger partial charge in [0, 0.05) is 6.42 Å². The lowest BCUT2D eigenvalue weighted by molar-refractivity contribution is -0.114. The van der Waals surface area contributed by atoms with Crippen LogP contribution >= 0.6 is 0 Å². The zero-order valence-electron chi connectivity index (χ0n) is 7.34. The van der Waals surface area contributed by atoms with Crippen LogP contribution in [0.2, 0.25) is 0 Å². The molecule has 0 N–H and O–H groups in total. The van der Waals surface area contributed by atoms with Crippen molar-refractivity contribution in [2.75, 3.05) is 0 Å². The molecule has 0 aromatic heterocycles. The van der Waals surface area contributed by atoms with E-state index in [0.717, 1.165) is 12.8 Å². The fraction of sp³-hybridized carbons (Fsp3) is 0.500. The zero-order valence-corrected chi connectivity index (χ0v) is 7.34. The van der Waals surface area contributed by atoms with E-state index >= 15 is 0 Å². The van der Waals surface area contributed by atoms with Gasteiger partial charge in [0.2, 0.25) is 0 Å². The average Bonchev–Trinajstić information content (AvgIpc) is 2.01. The number of allylic oxidation sites excluding steroid dienone is 4. The Balaban J connectivity index is 3.51. The van der Waals surface area contributed by atoms with E-state index in [1.165, 1.54) is 0 Å². The summed E-state index contributed by atoms with van der Waals surface area (Å²) in [6.07, 6.45) is 9.97. The molecule has 0 aromatic carbocycles. The molecule has 0 aliphatic carbocycles. The first-order valence-corrected chi connectivity index (χ1v) is 4.13. The van der Waals surface area contributed by atoms with Gasteiger partial charge in [0.05, 0.1) is 0 Å². The molecule has 0 aliphatic rings. The molecule has 0 saturated heterocycles. The van der Waals surface area contributed by atoms with Gasteiger partial charge in [0.15, 0.2) is 5.78 Å². The molecule has 0 bridgehead atoms. The third-order valence-corrected chi connectivity index (χ3v) is 1.36. The van der Waals surface area contributed by atoms with E-state index in [4.69, 9.17) is 0 Å². The summed E-state index contributed by atoms with van der Waals surface area (Å²) in [4.78, 5) is 11.0. The van der Waals surface area contributed by atoms with E-state index in [-0.39, 0.29) is 5.78 Å². The van der Waals surface area contributed by atoms with Crippen molar-refractivity contribution in [3.05, 3.63) is 24.3 Å². The largest absolute Gasteiger partial charge is 0.295 e. The average molecular weight is 152 g/mol. The van der Waals surface area contributed by atoms with Gasteiger partial charge in [-0.25, -0.2) is 0 Å². The fourth-order valence-electron chi connectivity index (χ4n) is 0.708. The maximum atomic E-state index is 11.0. The fourth-order valence-corrected chi connectivity index (χ4v) is 0.708. The Bertz CT molecular complexity index is 154. The molecular formula is C10H16O. The van der Waals surface area contributed by atoms with Crippen LogP contribution in [0.4, 0.5) is 0 Å². The van der Waals surface area contributed by atoms with Crippen LogP contribution < -0.4 is 0 Å². The highest BCUT2D eigenvalue weighted by molar-refractivity contribution is 5.89. The molecule has 0 spiro atoms. The molecule has 0 aromatic rings. The van der Waals surface area contributed by atoms with E-state index in [1.807, 2.05) is 19.1 Å². The van der Waals surface area contributed by atoms with Crippen LogP contribution in [-0.2, 0) is 4.79 Å². The van der Waals surface area contributed by atoms with Gasteiger partial charge in [-0.15, -0.1) is 0 Å². The van der Waals surface area contributed by atoms with E-state index in [9.17, 15) is 4.79 Å². The van der Waals surface area contributed by atoms with Gasteiger partial charge < -0.3 is 0 Å². The number of unbranched alkanes of at least 4 members (excludes halogenated alkanes) is 1. The van der Waals surface area contributed by atoms with Gasteiger partial charge in [-0.3, -0.25) is 4.79 Å². The quantitative estimate of drug-likeness (QED) is 0.437. The van der Waals surface area contributed by atoms with Gasteiger partial charge in [0.25, 0.3) is 0 Å². The van der Waals surface area contributed by atoms with Crippen molar-refractivity contribution in [3.63, 3.8) is 0 Å². The highest BCUT2D eigenvalue weighted by Crippen LogP contribution is 1.95. The molecule has 0 radical (unpaired) electrons. The van der Waals surface area contributed by atoms with Crippen molar-refractivity contribution in [1.82, 2.24) is 0 Å². The molecule has 1 heteroatoms. The molecule has 11 heavy (non-hydrogen) atoms. The number of ketones is 1. The van der Waals surface area contributed by atoms with Crippen LogP contribution in [-0.4, -0.2) is 5.78 Å². The molecule has 0 rings (SSSR count). The summed E-state index contributed by atoms with van der Waals surface area (Å²) < 4.78 is 0. The lowest BCUT2D eigenvalue weighted by Crippen LogP contribution is -1.90. The maximum Gasteiger partial charge on any atom is 0.155 e. The first kappa shape index (κ1) is 10.2. The monoisotopic (exact) mass is 152 g/mol. The van der Waals surface area contributed by atoms with Crippen LogP contribution in [0.25, 0.3) is 0 Å². The van der Waals surface area contributed by atoms with Crippen molar-refractivity contribution in [2.45, 2.75) is 33.1 Å². The summed E-state index contributed by atoms with van der Waals surface area (Å²) in [5.74, 6) is 0.227. The molecule has 0 saturated carbocycles. The number of carbonyl (C=O) groups excluding carboxylic acids is 1. The Morgan fingerprint density at radius 1 is 1.36 bits per heavy atom. The molecule has 0 amide bonds. The molecule has 0 fully saturated rings. The summed E-state index contributed by atoms with van der Waals surface area (Å²) in [5, 5.41) is 0. The minimum absolute atomic E-state index is 0.227. The Hall–Kier alpha value is -0.850. The summed E-state index contributed by atoms with van der Waals surface area (Å²) in [6, 6.07) is 0. The normalized spacial score (nSPS) is 11.5. The molecule has 62 valence electrons. The van der Waals surface area contributed by atoms with E-state index < -0.39 is 0 Å². The number of rotatable bonds is 5. The van der Waals surface area contributed by atoms with Crippen LogP contribution in [0.15, 0.2) is 24.3 Å². The lowest BCUT2D eigenvalue weighted by atomic mass is 10.2. The van der Waals surface area contributed by atoms with Crippen LogP contribution in [0.1, 0.15) is 33.1 Å². The maximum absolute atomic E-state index is 11.0. The van der Waals surface area contributed by atoms with Crippen molar-refractivity contribution in [3.8, 4) is 0 Å². The van der Waals surface area contributed by atoms with E-state index in [1.54, 1.807) is 12.2 Å². The van der Waals surface area contributed by atoms with E-state index in [2.05, 4.69) is 6.92 Å². The van der Waals surface area contributed by atoms with Crippen LogP contribution in [0.3, 0.4) is 0 Å². The summed E-state index contributed by atoms with van der Waals surface area (Å²) >= 11 is 0. The molecule has 0 aliphatic heterocycles. The Kier molecular flexibility index (Phi) is 6.70. The molecule has 0 unspecified atom stereocenters. The minimum Gasteiger partial charge on any atom is -0.295 e. The number of hydrogen-bond acceptors (Lipinski definition) is 1. The van der Waals surface area contributed by atoms with Crippen molar-refractivity contribution < 1.29 is 4.79 Å². The second-order valence-corrected chi connectivity index (χ2v) is 2.45. The molecule has 0 atom stereocenters. The molecule has 0 heterocycles. The van der Waals surface area contributed by atoms with Crippen molar-refractivity contribution >= 4 is 5.78 Å². The van der Waals surface area contributed by atoms with Crippen molar-refractivity contribution in [2.24, 2.45) is 0 Å². The first-order valence-electron chi connectivity index (χ1n) is 4.13.